The zero-order chi connectivity index (χ0) is 19.3. The van der Waals surface area contributed by atoms with Gasteiger partial charge in [0.25, 0.3) is 0 Å². The zero-order valence-electron chi connectivity index (χ0n) is 15.9. The number of hydrogen-bond donors (Lipinski definition) is 2. The number of aryl methyl sites for hydroxylation is 2. The van der Waals surface area contributed by atoms with Gasteiger partial charge in [-0.15, -0.1) is 0 Å². The molecule has 1 aliphatic rings. The van der Waals surface area contributed by atoms with E-state index < -0.39 is 0 Å². The van der Waals surface area contributed by atoms with E-state index in [9.17, 15) is 0 Å². The molecule has 5 rings (SSSR count). The minimum Gasteiger partial charge on any atom is -0.353 e. The Kier molecular flexibility index (Phi) is 4.02. The molecule has 4 aromatic heterocycles. The average Bonchev–Trinajstić information content (AvgIpc) is 3.34. The van der Waals surface area contributed by atoms with Crippen molar-refractivity contribution in [2.45, 2.75) is 13.0 Å². The van der Waals surface area contributed by atoms with Gasteiger partial charge in [0, 0.05) is 49.6 Å². The summed E-state index contributed by atoms with van der Waals surface area (Å²) in [6, 6.07) is 4.58. The zero-order valence-corrected chi connectivity index (χ0v) is 16.7. The number of rotatable bonds is 5. The Morgan fingerprint density at radius 1 is 1.18 bits per heavy atom. The molecule has 28 heavy (non-hydrogen) atoms. The molecule has 0 amide bonds. The maximum absolute atomic E-state index is 4.93. The Bertz CT molecular complexity index is 1140. The van der Waals surface area contributed by atoms with Crippen LogP contribution in [0.1, 0.15) is 5.69 Å². The van der Waals surface area contributed by atoms with E-state index >= 15 is 0 Å². The Hall–Kier alpha value is -2.98. The Balaban J connectivity index is 1.61. The Morgan fingerprint density at radius 2 is 2.04 bits per heavy atom. The summed E-state index contributed by atoms with van der Waals surface area (Å²) in [5.74, 6) is 1.81. The average molecular weight is 395 g/mol. The summed E-state index contributed by atoms with van der Waals surface area (Å²) in [7, 11) is 3.90. The molecule has 0 spiro atoms. The van der Waals surface area contributed by atoms with Crippen LogP contribution in [0.15, 0.2) is 30.7 Å². The van der Waals surface area contributed by atoms with Crippen LogP contribution < -0.4 is 15.5 Å². The standard InChI is InChI=1S/C18H21N9S/c1-11-4-17(28-24-11)22-16-5-15(26-9-13(10-26)19-2)23-18-14(7-21-27(16)18)12-6-20-25(3)8-12/h4-8,13,19,22H,9-10H2,1-3H3. The highest BCUT2D eigenvalue weighted by molar-refractivity contribution is 7.10. The van der Waals surface area contributed by atoms with E-state index in [1.54, 1.807) is 4.68 Å². The van der Waals surface area contributed by atoms with Crippen LogP contribution in [0, 0.1) is 6.92 Å². The first-order valence-corrected chi connectivity index (χ1v) is 9.88. The van der Waals surface area contributed by atoms with Gasteiger partial charge in [-0.2, -0.15) is 19.1 Å². The molecule has 0 radical (unpaired) electrons. The molecule has 10 heteroatoms. The van der Waals surface area contributed by atoms with Crippen molar-refractivity contribution in [2.24, 2.45) is 7.05 Å². The molecular formula is C18H21N9S. The van der Waals surface area contributed by atoms with Crippen LogP contribution >= 0.6 is 11.5 Å². The maximum atomic E-state index is 4.93. The molecule has 5 heterocycles. The van der Waals surface area contributed by atoms with Crippen LogP contribution in [0.3, 0.4) is 0 Å². The van der Waals surface area contributed by atoms with Crippen molar-refractivity contribution in [1.29, 1.82) is 0 Å². The molecule has 1 saturated heterocycles. The molecule has 0 unspecified atom stereocenters. The van der Waals surface area contributed by atoms with Crippen molar-refractivity contribution < 1.29 is 0 Å². The first-order valence-electron chi connectivity index (χ1n) is 9.11. The van der Waals surface area contributed by atoms with Crippen molar-refractivity contribution in [1.82, 2.24) is 34.1 Å². The van der Waals surface area contributed by atoms with Gasteiger partial charge >= 0.3 is 0 Å². The van der Waals surface area contributed by atoms with Gasteiger partial charge in [-0.3, -0.25) is 4.68 Å². The molecule has 0 bridgehead atoms. The van der Waals surface area contributed by atoms with Gasteiger partial charge in [0.05, 0.1) is 18.1 Å². The molecule has 0 atom stereocenters. The van der Waals surface area contributed by atoms with E-state index in [4.69, 9.17) is 4.98 Å². The number of hydrogen-bond acceptors (Lipinski definition) is 8. The van der Waals surface area contributed by atoms with E-state index in [1.807, 2.05) is 56.3 Å². The third-order valence-corrected chi connectivity index (χ3v) is 5.76. The van der Waals surface area contributed by atoms with E-state index in [0.29, 0.717) is 6.04 Å². The predicted molar refractivity (Wildman–Crippen MR) is 110 cm³/mol. The summed E-state index contributed by atoms with van der Waals surface area (Å²) in [6.07, 6.45) is 5.66. The smallest absolute Gasteiger partial charge is 0.167 e. The van der Waals surface area contributed by atoms with Gasteiger partial charge in [0.15, 0.2) is 5.65 Å². The van der Waals surface area contributed by atoms with E-state index in [2.05, 4.69) is 30.1 Å². The largest absolute Gasteiger partial charge is 0.353 e. The first-order chi connectivity index (χ1) is 13.6. The SMILES string of the molecule is CNC1CN(c2cc(Nc3cc(C)ns3)n3ncc(-c4cnn(C)c4)c3n2)C1. The quantitative estimate of drug-likeness (QED) is 0.535. The van der Waals surface area contributed by atoms with Crippen LogP contribution in [0.5, 0.6) is 0 Å². The Morgan fingerprint density at radius 3 is 2.71 bits per heavy atom. The monoisotopic (exact) mass is 395 g/mol. The second kappa shape index (κ2) is 6.57. The minimum atomic E-state index is 0.501. The number of likely N-dealkylation sites (N-methyl/N-ethyl adjacent to an activating group) is 1. The van der Waals surface area contributed by atoms with Crippen molar-refractivity contribution in [3.05, 3.63) is 36.4 Å². The molecule has 9 nitrogen and oxygen atoms in total. The summed E-state index contributed by atoms with van der Waals surface area (Å²) in [4.78, 5) is 7.20. The molecule has 4 aromatic rings. The number of fused-ring (bicyclic) bond motifs is 1. The number of anilines is 3. The van der Waals surface area contributed by atoms with Gasteiger partial charge in [-0.1, -0.05) is 0 Å². The highest BCUT2D eigenvalue weighted by Gasteiger charge is 2.27. The van der Waals surface area contributed by atoms with Gasteiger partial charge in [-0.05, 0) is 31.6 Å². The lowest BCUT2D eigenvalue weighted by molar-refractivity contribution is 0.447. The molecule has 144 valence electrons. The van der Waals surface area contributed by atoms with Crippen LogP contribution in [-0.2, 0) is 7.05 Å². The van der Waals surface area contributed by atoms with E-state index in [0.717, 1.165) is 52.2 Å². The summed E-state index contributed by atoms with van der Waals surface area (Å²) in [6.45, 7) is 3.87. The van der Waals surface area contributed by atoms with Gasteiger partial charge < -0.3 is 15.5 Å². The summed E-state index contributed by atoms with van der Waals surface area (Å²) in [5, 5.41) is 16.6. The normalized spacial score (nSPS) is 14.6. The Labute approximate surface area is 166 Å². The molecular weight excluding hydrogens is 374 g/mol. The van der Waals surface area contributed by atoms with Gasteiger partial charge in [0.1, 0.15) is 16.6 Å². The fourth-order valence-electron chi connectivity index (χ4n) is 3.36. The highest BCUT2D eigenvalue weighted by atomic mass is 32.1. The second-order valence-corrected chi connectivity index (χ2v) is 7.85. The summed E-state index contributed by atoms with van der Waals surface area (Å²) < 4.78 is 7.99. The topological polar surface area (TPSA) is 88.2 Å². The third-order valence-electron chi connectivity index (χ3n) is 4.97. The van der Waals surface area contributed by atoms with Crippen LogP contribution in [0.25, 0.3) is 16.8 Å². The lowest BCUT2D eigenvalue weighted by atomic mass is 10.1. The molecule has 0 aliphatic carbocycles. The fourth-order valence-corrected chi connectivity index (χ4v) is 4.03. The van der Waals surface area contributed by atoms with Crippen LogP contribution in [0.2, 0.25) is 0 Å². The van der Waals surface area contributed by atoms with Gasteiger partial charge in [0.2, 0.25) is 0 Å². The molecule has 2 N–H and O–H groups in total. The van der Waals surface area contributed by atoms with Crippen molar-refractivity contribution in [3.63, 3.8) is 0 Å². The number of nitrogens with one attached hydrogen (secondary N) is 2. The van der Waals surface area contributed by atoms with E-state index in [1.165, 1.54) is 11.5 Å². The van der Waals surface area contributed by atoms with Crippen LogP contribution in [0.4, 0.5) is 16.6 Å². The molecule has 0 aromatic carbocycles. The first kappa shape index (κ1) is 17.1. The summed E-state index contributed by atoms with van der Waals surface area (Å²) in [5.41, 5.74) is 3.76. The van der Waals surface area contributed by atoms with Crippen molar-refractivity contribution in [2.75, 3.05) is 30.4 Å². The van der Waals surface area contributed by atoms with Crippen LogP contribution in [-0.4, -0.2) is 54.9 Å². The van der Waals surface area contributed by atoms with E-state index in [-0.39, 0.29) is 0 Å². The predicted octanol–water partition coefficient (Wildman–Crippen LogP) is 2.05. The van der Waals surface area contributed by atoms with Crippen molar-refractivity contribution >= 4 is 33.8 Å². The minimum absolute atomic E-state index is 0.501. The molecule has 1 fully saturated rings. The maximum Gasteiger partial charge on any atom is 0.167 e. The molecule has 0 saturated carbocycles. The third kappa shape index (κ3) is 2.90. The van der Waals surface area contributed by atoms with Crippen molar-refractivity contribution in [3.8, 4) is 11.1 Å². The second-order valence-electron chi connectivity index (χ2n) is 7.04. The lowest BCUT2D eigenvalue weighted by Crippen LogP contribution is -2.57. The fraction of sp³-hybridized carbons (Fsp3) is 0.333. The molecule has 1 aliphatic heterocycles. The number of aromatic nitrogens is 6. The van der Waals surface area contributed by atoms with Gasteiger partial charge in [-0.25, -0.2) is 4.98 Å². The summed E-state index contributed by atoms with van der Waals surface area (Å²) >= 11 is 1.44. The highest BCUT2D eigenvalue weighted by Crippen LogP contribution is 2.31. The number of nitrogens with zero attached hydrogens (tertiary/aromatic N) is 7. The lowest BCUT2D eigenvalue weighted by Gasteiger charge is -2.40.